The highest BCUT2D eigenvalue weighted by atomic mass is 16.2. The maximum Gasteiger partial charge on any atom is 0.251 e. The maximum atomic E-state index is 12.7. The van der Waals surface area contributed by atoms with E-state index in [2.05, 4.69) is 5.32 Å². The molecule has 5 nitrogen and oxygen atoms in total. The van der Waals surface area contributed by atoms with Crippen molar-refractivity contribution < 1.29 is 14.4 Å². The van der Waals surface area contributed by atoms with Gasteiger partial charge in [-0.2, -0.15) is 0 Å². The molecule has 1 fully saturated rings. The molecular weight excluding hydrogens is 352 g/mol. The van der Waals surface area contributed by atoms with Crippen molar-refractivity contribution >= 4 is 23.4 Å². The number of fused-ring (bicyclic) bond motifs is 1. The molecule has 1 aliphatic carbocycles. The van der Waals surface area contributed by atoms with E-state index in [0.29, 0.717) is 30.6 Å². The monoisotopic (exact) mass is 374 g/mol. The number of imide groups is 1. The number of rotatable bonds is 5. The smallest absolute Gasteiger partial charge is 0.251 e. The molecular formula is C23H22N2O3. The Labute approximate surface area is 164 Å². The fourth-order valence-electron chi connectivity index (χ4n) is 3.91. The van der Waals surface area contributed by atoms with Crippen LogP contribution in [0.2, 0.25) is 0 Å². The van der Waals surface area contributed by atoms with Crippen molar-refractivity contribution in [1.29, 1.82) is 0 Å². The second kappa shape index (κ2) is 7.80. The van der Waals surface area contributed by atoms with Crippen LogP contribution in [0, 0.1) is 11.8 Å². The van der Waals surface area contributed by atoms with Crippen molar-refractivity contribution in [1.82, 2.24) is 5.32 Å². The van der Waals surface area contributed by atoms with Gasteiger partial charge in [-0.15, -0.1) is 0 Å². The van der Waals surface area contributed by atoms with Crippen LogP contribution in [0.4, 0.5) is 5.69 Å². The molecule has 0 bridgehead atoms. The Bertz CT molecular complexity index is 910. The molecule has 0 radical (unpaired) electrons. The van der Waals surface area contributed by atoms with Gasteiger partial charge in [-0.05, 0) is 43.0 Å². The predicted octanol–water partition coefficient (Wildman–Crippen LogP) is 3.11. The SMILES string of the molecule is O=C(NCCc1ccccc1)c1cccc(N2C(=O)[C@@H]3CC=CC[C@H]3C2=O)c1. The number of allylic oxidation sites excluding steroid dienone is 2. The normalized spacial score (nSPS) is 20.9. The summed E-state index contributed by atoms with van der Waals surface area (Å²) in [5, 5.41) is 2.90. The van der Waals surface area contributed by atoms with Gasteiger partial charge in [0.15, 0.2) is 0 Å². The third kappa shape index (κ3) is 3.48. The highest BCUT2D eigenvalue weighted by molar-refractivity contribution is 6.22. The van der Waals surface area contributed by atoms with Crippen LogP contribution >= 0.6 is 0 Å². The minimum absolute atomic E-state index is 0.166. The van der Waals surface area contributed by atoms with E-state index in [4.69, 9.17) is 0 Å². The summed E-state index contributed by atoms with van der Waals surface area (Å²) in [5.74, 6) is -1.10. The lowest BCUT2D eigenvalue weighted by Crippen LogP contribution is -2.31. The Morgan fingerprint density at radius 1 is 0.929 bits per heavy atom. The summed E-state index contributed by atoms with van der Waals surface area (Å²) >= 11 is 0. The molecule has 2 aromatic rings. The third-order valence-corrected chi connectivity index (χ3v) is 5.42. The largest absolute Gasteiger partial charge is 0.352 e. The molecule has 142 valence electrons. The second-order valence-corrected chi connectivity index (χ2v) is 7.21. The first kappa shape index (κ1) is 18.2. The van der Waals surface area contributed by atoms with Gasteiger partial charge in [-0.1, -0.05) is 48.6 Å². The molecule has 0 spiro atoms. The zero-order chi connectivity index (χ0) is 19.5. The van der Waals surface area contributed by atoms with Gasteiger partial charge < -0.3 is 5.32 Å². The predicted molar refractivity (Wildman–Crippen MR) is 107 cm³/mol. The molecule has 1 aliphatic heterocycles. The van der Waals surface area contributed by atoms with E-state index in [-0.39, 0.29) is 29.6 Å². The van der Waals surface area contributed by atoms with Gasteiger partial charge in [0.05, 0.1) is 17.5 Å². The topological polar surface area (TPSA) is 66.5 Å². The first-order chi connectivity index (χ1) is 13.6. The number of benzene rings is 2. The van der Waals surface area contributed by atoms with Crippen LogP contribution in [-0.4, -0.2) is 24.3 Å². The van der Waals surface area contributed by atoms with Crippen LogP contribution in [0.15, 0.2) is 66.7 Å². The van der Waals surface area contributed by atoms with E-state index in [9.17, 15) is 14.4 Å². The van der Waals surface area contributed by atoms with Crippen LogP contribution in [0.3, 0.4) is 0 Å². The standard InChI is InChI=1S/C23H22N2O3/c26-21(24-14-13-16-7-2-1-3-8-16)17-9-6-10-18(15-17)25-22(27)19-11-4-5-12-20(19)23(25)28/h1-10,15,19-20H,11-14H2,(H,24,26)/t19-,20-/m1/s1. The van der Waals surface area contributed by atoms with Gasteiger partial charge in [0.2, 0.25) is 11.8 Å². The molecule has 2 aromatic carbocycles. The number of anilines is 1. The highest BCUT2D eigenvalue weighted by Gasteiger charge is 2.47. The second-order valence-electron chi connectivity index (χ2n) is 7.21. The van der Waals surface area contributed by atoms with Crippen molar-refractivity contribution in [2.75, 3.05) is 11.4 Å². The summed E-state index contributed by atoms with van der Waals surface area (Å²) in [6.07, 6.45) is 5.88. The van der Waals surface area contributed by atoms with Crippen molar-refractivity contribution in [3.8, 4) is 0 Å². The Morgan fingerprint density at radius 2 is 1.61 bits per heavy atom. The average Bonchev–Trinajstić information content (AvgIpc) is 2.99. The molecule has 4 rings (SSSR count). The molecule has 1 heterocycles. The molecule has 0 saturated carbocycles. The van der Waals surface area contributed by atoms with E-state index in [1.807, 2.05) is 42.5 Å². The first-order valence-electron chi connectivity index (χ1n) is 9.60. The number of hydrogen-bond acceptors (Lipinski definition) is 3. The molecule has 28 heavy (non-hydrogen) atoms. The molecule has 1 saturated heterocycles. The summed E-state index contributed by atoms with van der Waals surface area (Å²) in [6, 6.07) is 16.7. The molecule has 0 unspecified atom stereocenters. The highest BCUT2D eigenvalue weighted by Crippen LogP contribution is 2.37. The Morgan fingerprint density at radius 3 is 2.29 bits per heavy atom. The van der Waals surface area contributed by atoms with Crippen LogP contribution in [0.25, 0.3) is 0 Å². The minimum Gasteiger partial charge on any atom is -0.352 e. The summed E-state index contributed by atoms with van der Waals surface area (Å²) < 4.78 is 0. The number of carbonyl (C=O) groups excluding carboxylic acids is 3. The number of nitrogens with one attached hydrogen (secondary N) is 1. The van der Waals surface area contributed by atoms with Crippen LogP contribution in [0.1, 0.15) is 28.8 Å². The van der Waals surface area contributed by atoms with Crippen LogP contribution in [-0.2, 0) is 16.0 Å². The van der Waals surface area contributed by atoms with Crippen molar-refractivity contribution in [2.45, 2.75) is 19.3 Å². The summed E-state index contributed by atoms with van der Waals surface area (Å²) in [6.45, 7) is 0.518. The van der Waals surface area contributed by atoms with E-state index < -0.39 is 0 Å². The van der Waals surface area contributed by atoms with Crippen LogP contribution < -0.4 is 10.2 Å². The quantitative estimate of drug-likeness (QED) is 0.646. The van der Waals surface area contributed by atoms with E-state index in [0.717, 1.165) is 12.0 Å². The molecule has 5 heteroatoms. The van der Waals surface area contributed by atoms with E-state index in [1.54, 1.807) is 24.3 Å². The Kier molecular flexibility index (Phi) is 5.06. The summed E-state index contributed by atoms with van der Waals surface area (Å²) in [7, 11) is 0. The first-order valence-corrected chi connectivity index (χ1v) is 9.60. The van der Waals surface area contributed by atoms with Gasteiger partial charge in [0.25, 0.3) is 5.91 Å². The number of hydrogen-bond donors (Lipinski definition) is 1. The van der Waals surface area contributed by atoms with E-state index in [1.165, 1.54) is 4.90 Å². The summed E-state index contributed by atoms with van der Waals surface area (Å²) in [4.78, 5) is 39.2. The van der Waals surface area contributed by atoms with Gasteiger partial charge in [0, 0.05) is 12.1 Å². The number of carbonyl (C=O) groups is 3. The average molecular weight is 374 g/mol. The molecule has 2 aliphatic rings. The maximum absolute atomic E-state index is 12.7. The number of amides is 3. The Hall–Kier alpha value is -3.21. The number of nitrogens with zero attached hydrogens (tertiary/aromatic N) is 1. The lowest BCUT2D eigenvalue weighted by Gasteiger charge is -2.16. The fourth-order valence-corrected chi connectivity index (χ4v) is 3.91. The lowest BCUT2D eigenvalue weighted by molar-refractivity contribution is -0.122. The van der Waals surface area contributed by atoms with Crippen molar-refractivity contribution in [3.63, 3.8) is 0 Å². The Balaban J connectivity index is 1.45. The van der Waals surface area contributed by atoms with E-state index >= 15 is 0 Å². The van der Waals surface area contributed by atoms with Gasteiger partial charge in [-0.25, -0.2) is 0 Å². The third-order valence-electron chi connectivity index (χ3n) is 5.42. The fraction of sp³-hybridized carbons (Fsp3) is 0.261. The minimum atomic E-state index is -0.277. The molecule has 0 aromatic heterocycles. The molecule has 3 amide bonds. The zero-order valence-corrected chi connectivity index (χ0v) is 15.5. The van der Waals surface area contributed by atoms with Gasteiger partial charge >= 0.3 is 0 Å². The van der Waals surface area contributed by atoms with Crippen molar-refractivity contribution in [2.24, 2.45) is 11.8 Å². The lowest BCUT2D eigenvalue weighted by atomic mass is 9.85. The molecule has 2 atom stereocenters. The van der Waals surface area contributed by atoms with Gasteiger partial charge in [0.1, 0.15) is 0 Å². The van der Waals surface area contributed by atoms with Gasteiger partial charge in [-0.3, -0.25) is 19.3 Å². The molecule has 1 N–H and O–H groups in total. The summed E-state index contributed by atoms with van der Waals surface area (Å²) in [5.41, 5.74) is 2.07. The van der Waals surface area contributed by atoms with Crippen molar-refractivity contribution in [3.05, 3.63) is 77.9 Å². The van der Waals surface area contributed by atoms with Crippen LogP contribution in [0.5, 0.6) is 0 Å². The zero-order valence-electron chi connectivity index (χ0n) is 15.5.